The number of hydrogen-bond donors (Lipinski definition) is 0. The van der Waals surface area contributed by atoms with Crippen molar-refractivity contribution >= 4 is 9.84 Å². The predicted octanol–water partition coefficient (Wildman–Crippen LogP) is 1.38. The molecule has 0 saturated heterocycles. The zero-order valence-corrected chi connectivity index (χ0v) is 7.31. The van der Waals surface area contributed by atoms with Crippen LogP contribution < -0.4 is 0 Å². The van der Waals surface area contributed by atoms with Gasteiger partial charge in [-0.15, -0.1) is 0 Å². The highest BCUT2D eigenvalue weighted by Gasteiger charge is 2.15. The Balaban J connectivity index is 3.22. The Morgan fingerprint density at radius 1 is 1.55 bits per heavy atom. The highest BCUT2D eigenvalue weighted by Crippen LogP contribution is 2.16. The largest absolute Gasteiger partial charge is 0.468 e. The summed E-state index contributed by atoms with van der Waals surface area (Å²) >= 11 is 0. The van der Waals surface area contributed by atoms with Crippen LogP contribution in [0.2, 0.25) is 0 Å². The number of sulfone groups is 1. The van der Waals surface area contributed by atoms with Crippen LogP contribution in [0, 0.1) is 6.92 Å². The maximum atomic E-state index is 11.2. The van der Waals surface area contributed by atoms with Gasteiger partial charge in [0, 0.05) is 0 Å². The maximum absolute atomic E-state index is 11.2. The molecule has 1 aromatic heterocycles. The van der Waals surface area contributed by atoms with Crippen LogP contribution in [-0.2, 0) is 9.84 Å². The van der Waals surface area contributed by atoms with E-state index in [2.05, 4.69) is 0 Å². The molecule has 3 nitrogen and oxygen atoms in total. The van der Waals surface area contributed by atoms with E-state index < -0.39 is 9.84 Å². The first-order valence-electron chi connectivity index (χ1n) is 3.35. The van der Waals surface area contributed by atoms with Crippen molar-refractivity contribution in [1.82, 2.24) is 0 Å². The van der Waals surface area contributed by atoms with Crippen LogP contribution in [0.25, 0.3) is 0 Å². The summed E-state index contributed by atoms with van der Waals surface area (Å²) in [5, 5.41) is 0. The Kier molecular flexibility index (Phi) is 2.04. The minimum atomic E-state index is -3.08. The van der Waals surface area contributed by atoms with Gasteiger partial charge in [-0.25, -0.2) is 8.42 Å². The zero-order valence-electron chi connectivity index (χ0n) is 6.49. The fourth-order valence-corrected chi connectivity index (χ4v) is 1.91. The molecular formula is C7H10O3S. The predicted molar refractivity (Wildman–Crippen MR) is 41.2 cm³/mol. The lowest BCUT2D eigenvalue weighted by Gasteiger charge is -1.96. The Labute approximate surface area is 65.9 Å². The van der Waals surface area contributed by atoms with Gasteiger partial charge in [-0.05, 0) is 13.0 Å². The molecule has 0 atom stereocenters. The van der Waals surface area contributed by atoms with Crippen LogP contribution in [-0.4, -0.2) is 14.2 Å². The molecule has 4 heteroatoms. The van der Waals surface area contributed by atoms with E-state index in [1.54, 1.807) is 13.8 Å². The summed E-state index contributed by atoms with van der Waals surface area (Å²) in [7, 11) is -3.08. The quantitative estimate of drug-likeness (QED) is 0.680. The minimum Gasteiger partial charge on any atom is -0.468 e. The third-order valence-electron chi connectivity index (χ3n) is 1.53. The molecule has 0 saturated carbocycles. The molecule has 0 aliphatic rings. The summed E-state index contributed by atoms with van der Waals surface area (Å²) in [6, 6.07) is 1.48. The molecule has 1 aromatic rings. The van der Waals surface area contributed by atoms with E-state index >= 15 is 0 Å². The van der Waals surface area contributed by atoms with Gasteiger partial charge in [0.05, 0.1) is 12.0 Å². The van der Waals surface area contributed by atoms with E-state index in [4.69, 9.17) is 4.42 Å². The molecule has 0 unspecified atom stereocenters. The first-order chi connectivity index (χ1) is 5.08. The third kappa shape index (κ3) is 1.45. The molecule has 0 radical (unpaired) electrons. The van der Waals surface area contributed by atoms with Crippen molar-refractivity contribution in [1.29, 1.82) is 0 Å². The van der Waals surface area contributed by atoms with Gasteiger partial charge in [-0.2, -0.15) is 0 Å². The molecule has 62 valence electrons. The van der Waals surface area contributed by atoms with Crippen molar-refractivity contribution in [2.45, 2.75) is 18.7 Å². The van der Waals surface area contributed by atoms with E-state index in [-0.39, 0.29) is 5.75 Å². The molecule has 0 fully saturated rings. The summed E-state index contributed by atoms with van der Waals surface area (Å²) in [5.41, 5.74) is 0. The van der Waals surface area contributed by atoms with E-state index in [9.17, 15) is 8.42 Å². The zero-order chi connectivity index (χ0) is 8.48. The second-order valence-corrected chi connectivity index (χ2v) is 4.49. The van der Waals surface area contributed by atoms with Gasteiger partial charge in [0.15, 0.2) is 9.84 Å². The Morgan fingerprint density at radius 3 is 2.55 bits per heavy atom. The highest BCUT2D eigenvalue weighted by atomic mass is 32.2. The second kappa shape index (κ2) is 2.70. The molecule has 0 aliphatic carbocycles. The average Bonchev–Trinajstić information content (AvgIpc) is 2.36. The summed E-state index contributed by atoms with van der Waals surface area (Å²) < 4.78 is 27.3. The minimum absolute atomic E-state index is 0.118. The number of furan rings is 1. The number of aryl methyl sites for hydroxylation is 1. The van der Waals surface area contributed by atoms with Crippen LogP contribution in [0.4, 0.5) is 0 Å². The van der Waals surface area contributed by atoms with Crippen molar-refractivity contribution in [3.8, 4) is 0 Å². The van der Waals surface area contributed by atoms with Gasteiger partial charge in [-0.1, -0.05) is 6.92 Å². The van der Waals surface area contributed by atoms with Crippen LogP contribution in [0.1, 0.15) is 12.7 Å². The van der Waals surface area contributed by atoms with Gasteiger partial charge in [0.2, 0.25) is 0 Å². The maximum Gasteiger partial charge on any atom is 0.181 e. The molecule has 0 spiro atoms. The summed E-state index contributed by atoms with van der Waals surface area (Å²) in [6.45, 7) is 3.25. The van der Waals surface area contributed by atoms with Crippen LogP contribution in [0.3, 0.4) is 0 Å². The fraction of sp³-hybridized carbons (Fsp3) is 0.429. The molecule has 0 amide bonds. The summed E-state index contributed by atoms with van der Waals surface area (Å²) in [5.74, 6) is 0.583. The van der Waals surface area contributed by atoms with Gasteiger partial charge >= 0.3 is 0 Å². The standard InChI is InChI=1S/C7H10O3S/c1-3-11(8,9)7-4-5-10-6(7)2/h4-5H,3H2,1-2H3. The number of rotatable bonds is 2. The monoisotopic (exact) mass is 174 g/mol. The van der Waals surface area contributed by atoms with E-state index in [0.717, 1.165) is 0 Å². The molecule has 0 bridgehead atoms. The molecular weight excluding hydrogens is 164 g/mol. The average molecular weight is 174 g/mol. The topological polar surface area (TPSA) is 47.3 Å². The van der Waals surface area contributed by atoms with Crippen molar-refractivity contribution in [3.05, 3.63) is 18.1 Å². The van der Waals surface area contributed by atoms with Crippen LogP contribution in [0.5, 0.6) is 0 Å². The molecule has 11 heavy (non-hydrogen) atoms. The highest BCUT2D eigenvalue weighted by molar-refractivity contribution is 7.91. The third-order valence-corrected chi connectivity index (χ3v) is 3.38. The van der Waals surface area contributed by atoms with E-state index in [1.165, 1.54) is 12.3 Å². The molecule has 0 N–H and O–H groups in total. The van der Waals surface area contributed by atoms with Crippen molar-refractivity contribution in [2.24, 2.45) is 0 Å². The SMILES string of the molecule is CCS(=O)(=O)c1ccoc1C. The first kappa shape index (κ1) is 8.33. The Morgan fingerprint density at radius 2 is 2.18 bits per heavy atom. The van der Waals surface area contributed by atoms with Crippen molar-refractivity contribution in [3.63, 3.8) is 0 Å². The van der Waals surface area contributed by atoms with Crippen LogP contribution in [0.15, 0.2) is 21.6 Å². The van der Waals surface area contributed by atoms with E-state index in [1.807, 2.05) is 0 Å². The van der Waals surface area contributed by atoms with Gasteiger partial charge in [-0.3, -0.25) is 0 Å². The normalized spacial score (nSPS) is 11.8. The van der Waals surface area contributed by atoms with Gasteiger partial charge in [0.25, 0.3) is 0 Å². The second-order valence-electron chi connectivity index (χ2n) is 2.24. The lowest BCUT2D eigenvalue weighted by atomic mass is 10.5. The summed E-state index contributed by atoms with van der Waals surface area (Å²) in [4.78, 5) is 0.306. The molecule has 1 heterocycles. The van der Waals surface area contributed by atoms with Gasteiger partial charge < -0.3 is 4.42 Å². The van der Waals surface area contributed by atoms with Crippen LogP contribution >= 0.6 is 0 Å². The summed E-state index contributed by atoms with van der Waals surface area (Å²) in [6.07, 6.45) is 1.39. The smallest absolute Gasteiger partial charge is 0.181 e. The molecule has 0 aromatic carbocycles. The molecule has 0 aliphatic heterocycles. The lowest BCUT2D eigenvalue weighted by molar-refractivity contribution is 0.523. The lowest BCUT2D eigenvalue weighted by Crippen LogP contribution is -2.03. The molecule has 1 rings (SSSR count). The Hall–Kier alpha value is -0.770. The van der Waals surface area contributed by atoms with E-state index in [0.29, 0.717) is 10.7 Å². The van der Waals surface area contributed by atoms with Crippen molar-refractivity contribution < 1.29 is 12.8 Å². The fourth-order valence-electron chi connectivity index (χ4n) is 0.851. The number of hydrogen-bond acceptors (Lipinski definition) is 3. The van der Waals surface area contributed by atoms with Crippen molar-refractivity contribution in [2.75, 3.05) is 5.75 Å². The first-order valence-corrected chi connectivity index (χ1v) is 5.00. The Bertz CT molecular complexity index is 334. The van der Waals surface area contributed by atoms with Gasteiger partial charge in [0.1, 0.15) is 10.7 Å².